The summed E-state index contributed by atoms with van der Waals surface area (Å²) in [6.45, 7) is 8.08. The van der Waals surface area contributed by atoms with Crippen molar-refractivity contribution in [1.82, 2.24) is 4.90 Å². The smallest absolute Gasteiger partial charge is 0.222 e. The van der Waals surface area contributed by atoms with Crippen molar-refractivity contribution < 1.29 is 22.9 Å². The van der Waals surface area contributed by atoms with Crippen LogP contribution in [0.5, 0.6) is 0 Å². The number of carbonyl (C=O) groups excluding carboxylic acids is 1. The fourth-order valence-corrected chi connectivity index (χ4v) is 11.1. The summed E-state index contributed by atoms with van der Waals surface area (Å²) in [5, 5.41) is 9.36. The van der Waals surface area contributed by atoms with Gasteiger partial charge in [-0.15, -0.1) is 0 Å². The first-order valence-electron chi connectivity index (χ1n) is 14.8. The highest BCUT2D eigenvalue weighted by molar-refractivity contribution is 7.86. The third kappa shape index (κ3) is 4.68. The minimum absolute atomic E-state index is 0.0179. The average molecular weight is 523 g/mol. The summed E-state index contributed by atoms with van der Waals surface area (Å²) < 4.78 is 34.4. The molecule has 1 heterocycles. The monoisotopic (exact) mass is 522 g/mol. The van der Waals surface area contributed by atoms with Crippen LogP contribution in [0.4, 0.5) is 0 Å². The average Bonchev–Trinajstić information content (AvgIpc) is 3.19. The highest BCUT2D eigenvalue weighted by Crippen LogP contribution is 2.68. The van der Waals surface area contributed by atoms with E-state index in [-0.39, 0.29) is 18.6 Å². The van der Waals surface area contributed by atoms with Crippen LogP contribution in [0.3, 0.4) is 0 Å². The van der Waals surface area contributed by atoms with Crippen LogP contribution < -0.4 is 0 Å². The fourth-order valence-electron chi connectivity index (χ4n) is 10.3. The Morgan fingerprint density at radius 3 is 2.50 bits per heavy atom. The van der Waals surface area contributed by atoms with Gasteiger partial charge in [0.2, 0.25) is 5.91 Å². The molecule has 6 nitrogen and oxygen atoms in total. The molecule has 7 heteroatoms. The van der Waals surface area contributed by atoms with E-state index in [0.29, 0.717) is 54.4 Å². The van der Waals surface area contributed by atoms with Crippen molar-refractivity contribution in [3.8, 4) is 0 Å². The second-order valence-corrected chi connectivity index (χ2v) is 15.6. The highest BCUT2D eigenvalue weighted by atomic mass is 32.2. The Balaban J connectivity index is 1.20. The topological polar surface area (TPSA) is 97.7 Å². The molecule has 0 bridgehead atoms. The molecule has 4 aliphatic carbocycles. The molecule has 1 amide bonds. The number of amides is 1. The SMILES string of the molecule is C[C@H](CCC(=O)N1CCC[C@H](S(=O)(=O)[O-])C1)[C@H]1CC[C@H]2[C@@H]3CC[C@@H]4C[C@H](O)CC[C@]4(C)[C@H]3CC[C@]12C. The molecule has 4 saturated carbocycles. The lowest BCUT2D eigenvalue weighted by atomic mass is 9.44. The number of aliphatic hydroxyl groups is 1. The zero-order valence-corrected chi connectivity index (χ0v) is 23.5. The van der Waals surface area contributed by atoms with Gasteiger partial charge in [0.1, 0.15) is 0 Å². The molecule has 0 aromatic rings. The van der Waals surface area contributed by atoms with Gasteiger partial charge in [-0.1, -0.05) is 20.8 Å². The van der Waals surface area contributed by atoms with Gasteiger partial charge in [-0.25, -0.2) is 8.42 Å². The number of hydrogen-bond donors (Lipinski definition) is 1. The molecule has 1 N–H and O–H groups in total. The van der Waals surface area contributed by atoms with E-state index in [4.69, 9.17) is 0 Å². The number of piperidine rings is 1. The van der Waals surface area contributed by atoms with Crippen molar-refractivity contribution in [3.05, 3.63) is 0 Å². The number of aliphatic hydroxyl groups excluding tert-OH is 1. The molecular formula is C29H48NO5S-. The Kier molecular flexibility index (Phi) is 7.35. The van der Waals surface area contributed by atoms with E-state index >= 15 is 0 Å². The van der Waals surface area contributed by atoms with Crippen LogP contribution in [0.2, 0.25) is 0 Å². The van der Waals surface area contributed by atoms with Gasteiger partial charge in [-0.2, -0.15) is 0 Å². The van der Waals surface area contributed by atoms with Crippen LogP contribution in [0, 0.1) is 46.3 Å². The molecule has 5 aliphatic rings. The molecule has 0 aromatic heterocycles. The van der Waals surface area contributed by atoms with Gasteiger partial charge in [0, 0.05) is 19.5 Å². The van der Waals surface area contributed by atoms with E-state index in [1.807, 2.05) is 0 Å². The predicted octanol–water partition coefficient (Wildman–Crippen LogP) is 4.96. The van der Waals surface area contributed by atoms with Gasteiger partial charge < -0.3 is 14.6 Å². The first-order chi connectivity index (χ1) is 16.9. The van der Waals surface area contributed by atoms with Crippen molar-refractivity contribution in [1.29, 1.82) is 0 Å². The van der Waals surface area contributed by atoms with Gasteiger partial charge in [0.05, 0.1) is 21.5 Å². The van der Waals surface area contributed by atoms with Crippen LogP contribution in [-0.4, -0.2) is 53.3 Å². The molecule has 1 aliphatic heterocycles. The van der Waals surface area contributed by atoms with Gasteiger partial charge in [0.25, 0.3) is 0 Å². The van der Waals surface area contributed by atoms with Crippen molar-refractivity contribution in [3.63, 3.8) is 0 Å². The van der Waals surface area contributed by atoms with Crippen molar-refractivity contribution in [2.75, 3.05) is 13.1 Å². The van der Waals surface area contributed by atoms with Crippen LogP contribution in [0.25, 0.3) is 0 Å². The third-order valence-electron chi connectivity index (χ3n) is 12.4. The molecule has 0 spiro atoms. The Labute approximate surface area is 218 Å². The summed E-state index contributed by atoms with van der Waals surface area (Å²) in [4.78, 5) is 14.6. The lowest BCUT2D eigenvalue weighted by Crippen LogP contribution is -2.54. The van der Waals surface area contributed by atoms with E-state index in [0.717, 1.165) is 37.0 Å². The minimum atomic E-state index is -4.34. The Bertz CT molecular complexity index is 938. The van der Waals surface area contributed by atoms with E-state index in [9.17, 15) is 22.9 Å². The van der Waals surface area contributed by atoms with Crippen LogP contribution in [0.15, 0.2) is 0 Å². The lowest BCUT2D eigenvalue weighted by molar-refractivity contribution is -0.133. The maximum absolute atomic E-state index is 12.9. The van der Waals surface area contributed by atoms with Gasteiger partial charge >= 0.3 is 0 Å². The molecule has 5 rings (SSSR count). The lowest BCUT2D eigenvalue weighted by Gasteiger charge is -2.61. The van der Waals surface area contributed by atoms with E-state index in [1.165, 1.54) is 44.9 Å². The van der Waals surface area contributed by atoms with E-state index in [1.54, 1.807) is 4.90 Å². The normalized spacial score (nSPS) is 45.9. The molecule has 0 radical (unpaired) electrons. The zero-order chi connectivity index (χ0) is 25.9. The first kappa shape index (κ1) is 26.9. The number of fused-ring (bicyclic) bond motifs is 5. The van der Waals surface area contributed by atoms with Crippen LogP contribution >= 0.6 is 0 Å². The van der Waals surface area contributed by atoms with Crippen molar-refractivity contribution in [2.45, 2.75) is 116 Å². The maximum Gasteiger partial charge on any atom is 0.222 e. The standard InChI is InChI=1S/C29H49NO5S/c1-19(6-11-27(32)30-16-4-5-22(18-30)36(33,34)35)24-9-10-25-23-8-7-20-17-21(31)12-14-28(20,2)26(23)13-15-29(24,25)3/h19-26,31H,4-18H2,1-3H3,(H,33,34,35)/p-1/t19-,20-,21-,22+,23+,24-,25+,26+,28+,29-/m1/s1. The van der Waals surface area contributed by atoms with Crippen molar-refractivity contribution >= 4 is 16.0 Å². The molecule has 206 valence electrons. The van der Waals surface area contributed by atoms with Crippen LogP contribution in [-0.2, 0) is 14.9 Å². The third-order valence-corrected chi connectivity index (χ3v) is 13.6. The molecular weight excluding hydrogens is 474 g/mol. The second kappa shape index (κ2) is 9.82. The summed E-state index contributed by atoms with van der Waals surface area (Å²) in [5.41, 5.74) is 0.761. The minimum Gasteiger partial charge on any atom is -0.748 e. The number of nitrogens with zero attached hydrogens (tertiary/aromatic N) is 1. The summed E-state index contributed by atoms with van der Waals surface area (Å²) >= 11 is 0. The van der Waals surface area contributed by atoms with E-state index in [2.05, 4.69) is 20.8 Å². The summed E-state index contributed by atoms with van der Waals surface area (Å²) in [6.07, 6.45) is 13.2. The molecule has 10 atom stereocenters. The Morgan fingerprint density at radius 1 is 1.03 bits per heavy atom. The number of carbonyl (C=O) groups is 1. The molecule has 0 unspecified atom stereocenters. The van der Waals surface area contributed by atoms with Crippen LogP contribution in [0.1, 0.15) is 104 Å². The Morgan fingerprint density at radius 2 is 1.75 bits per heavy atom. The number of hydrogen-bond acceptors (Lipinski definition) is 5. The summed E-state index contributed by atoms with van der Waals surface area (Å²) in [6, 6.07) is 0. The molecule has 5 fully saturated rings. The largest absolute Gasteiger partial charge is 0.748 e. The molecule has 1 saturated heterocycles. The summed E-state index contributed by atoms with van der Waals surface area (Å²) in [7, 11) is -4.34. The van der Waals surface area contributed by atoms with Crippen molar-refractivity contribution in [2.24, 2.45) is 46.3 Å². The molecule has 0 aromatic carbocycles. The zero-order valence-electron chi connectivity index (χ0n) is 22.7. The maximum atomic E-state index is 12.9. The van der Waals surface area contributed by atoms with E-state index < -0.39 is 15.4 Å². The second-order valence-electron chi connectivity index (χ2n) is 13.9. The van der Waals surface area contributed by atoms with Gasteiger partial charge in [0.15, 0.2) is 0 Å². The van der Waals surface area contributed by atoms with Gasteiger partial charge in [-0.05, 0) is 123 Å². The Hall–Kier alpha value is -0.660. The highest BCUT2D eigenvalue weighted by Gasteiger charge is 2.60. The quantitative estimate of drug-likeness (QED) is 0.515. The molecule has 36 heavy (non-hydrogen) atoms. The number of likely N-dealkylation sites (tertiary alicyclic amines) is 1. The predicted molar refractivity (Wildman–Crippen MR) is 139 cm³/mol. The first-order valence-corrected chi connectivity index (χ1v) is 16.3. The van der Waals surface area contributed by atoms with Gasteiger partial charge in [-0.3, -0.25) is 4.79 Å². The number of rotatable bonds is 5. The summed E-state index contributed by atoms with van der Waals surface area (Å²) in [5.74, 6) is 4.24. The fraction of sp³-hybridized carbons (Fsp3) is 0.966.